The highest BCUT2D eigenvalue weighted by atomic mass is 16.7. The second-order valence-electron chi connectivity index (χ2n) is 15.5. The molecule has 0 spiro atoms. The fourth-order valence-electron chi connectivity index (χ4n) is 7.32. The summed E-state index contributed by atoms with van der Waals surface area (Å²) in [6.45, 7) is 7.34. The molecular formula is C36H49N5O12. The number of anilines is 2. The zero-order chi connectivity index (χ0) is 40.1. The lowest BCUT2D eigenvalue weighted by Gasteiger charge is -2.50. The number of ether oxygens (including phenoxy) is 2. The van der Waals surface area contributed by atoms with Crippen molar-refractivity contribution in [3.05, 3.63) is 39.9 Å². The summed E-state index contributed by atoms with van der Waals surface area (Å²) >= 11 is 0. The Morgan fingerprint density at radius 2 is 1.68 bits per heavy atom. The smallest absolute Gasteiger partial charge is 0.413 e. The van der Waals surface area contributed by atoms with Crippen LogP contribution < -0.4 is 16.0 Å². The molecule has 0 saturated carbocycles. The van der Waals surface area contributed by atoms with Gasteiger partial charge in [0, 0.05) is 43.2 Å². The summed E-state index contributed by atoms with van der Waals surface area (Å²) in [4.78, 5) is 82.7. The molecule has 0 aromatic heterocycles. The van der Waals surface area contributed by atoms with Crippen molar-refractivity contribution >= 4 is 46.8 Å². The number of aliphatic hydroxyl groups excluding tert-OH is 2. The molecule has 0 aliphatic heterocycles. The van der Waals surface area contributed by atoms with Crippen LogP contribution in [0.3, 0.4) is 0 Å². The number of aromatic hydroxyl groups is 1. The first-order valence-electron chi connectivity index (χ1n) is 17.1. The van der Waals surface area contributed by atoms with Gasteiger partial charge in [-0.1, -0.05) is 13.8 Å². The number of esters is 1. The van der Waals surface area contributed by atoms with E-state index in [0.717, 1.165) is 4.90 Å². The molecule has 0 saturated heterocycles. The first-order valence-corrected chi connectivity index (χ1v) is 17.1. The predicted molar refractivity (Wildman–Crippen MR) is 190 cm³/mol. The van der Waals surface area contributed by atoms with E-state index < -0.39 is 101 Å². The molecule has 7 N–H and O–H groups in total. The van der Waals surface area contributed by atoms with Crippen LogP contribution in [0.15, 0.2) is 28.7 Å². The summed E-state index contributed by atoms with van der Waals surface area (Å²) in [5.41, 5.74) is 0.618. The van der Waals surface area contributed by atoms with Crippen molar-refractivity contribution in [3.8, 4) is 5.75 Å². The van der Waals surface area contributed by atoms with Gasteiger partial charge in [0.1, 0.15) is 23.6 Å². The Bertz CT molecular complexity index is 1810. The highest BCUT2D eigenvalue weighted by Gasteiger charge is 2.63. The largest absolute Gasteiger partial charge is 0.510 e. The van der Waals surface area contributed by atoms with Crippen molar-refractivity contribution in [2.75, 3.05) is 51.7 Å². The number of benzene rings is 1. The van der Waals surface area contributed by atoms with E-state index in [2.05, 4.69) is 5.32 Å². The minimum absolute atomic E-state index is 0.0303. The highest BCUT2D eigenvalue weighted by Crippen LogP contribution is 2.54. The van der Waals surface area contributed by atoms with Gasteiger partial charge in [-0.2, -0.15) is 0 Å². The van der Waals surface area contributed by atoms with Crippen molar-refractivity contribution in [1.82, 2.24) is 9.80 Å². The molecule has 17 heteroatoms. The summed E-state index contributed by atoms with van der Waals surface area (Å²) in [7, 11) is 6.43. The Kier molecular flexibility index (Phi) is 11.3. The molecule has 4 atom stereocenters. The second-order valence-corrected chi connectivity index (χ2v) is 15.5. The number of nitrogens with zero attached hydrogens (tertiary/aromatic N) is 3. The summed E-state index contributed by atoms with van der Waals surface area (Å²) in [5.74, 6) is -9.29. The SMILES string of the molecule is CC(C)CC(=O)OCOC(=O)N(CC(=O)Nc1cc(N(C)C)c2c(c1O)C(=O)C1=C(O)[C@]3(O)C(=O)C(C(N)=O)=C(O)[C@@H](N(C)C)[C@@H]3C[C@@H]1C2)C(C)(C)C. The van der Waals surface area contributed by atoms with E-state index in [-0.39, 0.29) is 42.0 Å². The van der Waals surface area contributed by atoms with Gasteiger partial charge in [-0.05, 0) is 71.2 Å². The zero-order valence-corrected chi connectivity index (χ0v) is 31.4. The molecule has 0 fully saturated rings. The van der Waals surface area contributed by atoms with Crippen molar-refractivity contribution in [2.24, 2.45) is 23.5 Å². The molecule has 4 rings (SSSR count). The Morgan fingerprint density at radius 1 is 1.06 bits per heavy atom. The molecule has 3 amide bonds. The molecule has 53 heavy (non-hydrogen) atoms. The van der Waals surface area contributed by atoms with Crippen molar-refractivity contribution in [1.29, 1.82) is 0 Å². The van der Waals surface area contributed by atoms with Gasteiger partial charge >= 0.3 is 12.1 Å². The van der Waals surface area contributed by atoms with E-state index in [1.807, 2.05) is 13.8 Å². The number of phenolic OH excluding ortho intramolecular Hbond substituents is 1. The number of primary amides is 1. The van der Waals surface area contributed by atoms with Crippen LogP contribution >= 0.6 is 0 Å². The fourth-order valence-corrected chi connectivity index (χ4v) is 7.32. The van der Waals surface area contributed by atoms with Gasteiger partial charge in [-0.25, -0.2) is 4.79 Å². The van der Waals surface area contributed by atoms with Gasteiger partial charge in [-0.3, -0.25) is 33.8 Å². The molecule has 3 aliphatic rings. The Labute approximate surface area is 307 Å². The number of hydrogen-bond acceptors (Lipinski definition) is 14. The lowest BCUT2D eigenvalue weighted by Crippen LogP contribution is -2.63. The van der Waals surface area contributed by atoms with Crippen molar-refractivity contribution < 1.29 is 58.7 Å². The maximum absolute atomic E-state index is 14.3. The van der Waals surface area contributed by atoms with Crippen LogP contribution in [0.1, 0.15) is 63.4 Å². The number of aliphatic hydroxyl groups is 3. The first-order chi connectivity index (χ1) is 24.4. The van der Waals surface area contributed by atoms with Gasteiger partial charge in [0.25, 0.3) is 5.91 Å². The number of nitrogens with two attached hydrogens (primary N) is 1. The number of hydrogen-bond donors (Lipinski definition) is 6. The van der Waals surface area contributed by atoms with Crippen LogP contribution in [0.2, 0.25) is 0 Å². The van der Waals surface area contributed by atoms with Gasteiger partial charge in [-0.15, -0.1) is 0 Å². The van der Waals surface area contributed by atoms with Crippen LogP contribution in [-0.4, -0.2) is 124 Å². The van der Waals surface area contributed by atoms with E-state index in [1.165, 1.54) is 11.0 Å². The Hall–Kier alpha value is -5.16. The standard InChI is InChI=1S/C36H49N5O12/c1-16(2)10-23(43)52-15-53-34(50)41(35(3,4)5)14-22(42)38-20-13-21(39(6)7)18-11-17-12-19-27(40(8)9)30(46)26(33(37)49)32(48)36(19,51)31(47)24(17)29(45)25(18)28(20)44/h13,16-17,19,27,44,46-47,51H,10-12,14-15H2,1-9H3,(H2,37,49)(H,38,42)/t17-,19-,27-,36-/m0/s1. The van der Waals surface area contributed by atoms with Crippen LogP contribution in [0.25, 0.3) is 0 Å². The third kappa shape index (κ3) is 7.40. The number of fused-ring (bicyclic) bond motifs is 3. The molecular weight excluding hydrogens is 694 g/mol. The average Bonchev–Trinajstić information content (AvgIpc) is 3.01. The molecule has 1 aromatic rings. The van der Waals surface area contributed by atoms with Gasteiger partial charge in [0.05, 0.1) is 17.3 Å². The van der Waals surface area contributed by atoms with Gasteiger partial charge in [0.15, 0.2) is 17.1 Å². The number of Topliss-reactive ketones (excluding diaryl/α,β-unsaturated/α-hetero) is 2. The number of ketones is 2. The molecule has 0 bridgehead atoms. The number of amides is 3. The summed E-state index contributed by atoms with van der Waals surface area (Å²) in [5, 5.41) is 48.6. The number of nitrogens with one attached hydrogen (secondary N) is 1. The van der Waals surface area contributed by atoms with E-state index >= 15 is 0 Å². The second kappa shape index (κ2) is 14.7. The number of phenols is 1. The minimum Gasteiger partial charge on any atom is -0.510 e. The predicted octanol–water partition coefficient (Wildman–Crippen LogP) is 1.91. The maximum atomic E-state index is 14.3. The lowest BCUT2D eigenvalue weighted by molar-refractivity contribution is -0.154. The van der Waals surface area contributed by atoms with E-state index in [9.17, 15) is 49.2 Å². The number of carbonyl (C=O) groups excluding carboxylic acids is 6. The van der Waals surface area contributed by atoms with Crippen LogP contribution in [-0.2, 0) is 35.1 Å². The van der Waals surface area contributed by atoms with E-state index in [4.69, 9.17) is 15.2 Å². The van der Waals surface area contributed by atoms with Crippen LogP contribution in [0.4, 0.5) is 16.2 Å². The average molecular weight is 744 g/mol. The summed E-state index contributed by atoms with van der Waals surface area (Å²) in [6.07, 6.45) is -0.887. The fraction of sp³-hybridized carbons (Fsp3) is 0.556. The molecule has 0 unspecified atom stereocenters. The monoisotopic (exact) mass is 743 g/mol. The van der Waals surface area contributed by atoms with Crippen molar-refractivity contribution in [2.45, 2.75) is 71.1 Å². The maximum Gasteiger partial charge on any atom is 0.413 e. The molecule has 0 radical (unpaired) electrons. The van der Waals surface area contributed by atoms with Crippen molar-refractivity contribution in [3.63, 3.8) is 0 Å². The third-order valence-electron chi connectivity index (χ3n) is 9.76. The molecule has 3 aliphatic carbocycles. The number of carbonyl (C=O) groups is 6. The van der Waals surface area contributed by atoms with Crippen LogP contribution in [0.5, 0.6) is 5.75 Å². The first kappa shape index (κ1) is 40.6. The molecule has 290 valence electrons. The normalized spacial score (nSPS) is 22.6. The number of allylic oxidation sites excluding steroid dienone is 1. The number of rotatable bonds is 10. The molecule has 1 aromatic carbocycles. The zero-order valence-electron chi connectivity index (χ0n) is 31.4. The lowest BCUT2D eigenvalue weighted by atomic mass is 9.58. The van der Waals surface area contributed by atoms with Crippen LogP contribution in [0, 0.1) is 17.8 Å². The minimum atomic E-state index is -2.81. The number of likely N-dealkylation sites (N-methyl/N-ethyl adjacent to an activating group) is 1. The Balaban J connectivity index is 1.71. The summed E-state index contributed by atoms with van der Waals surface area (Å²) < 4.78 is 10.1. The van der Waals surface area contributed by atoms with E-state index in [0.29, 0.717) is 11.3 Å². The van der Waals surface area contributed by atoms with Gasteiger partial charge < -0.3 is 45.9 Å². The van der Waals surface area contributed by atoms with Gasteiger partial charge in [0.2, 0.25) is 18.5 Å². The molecule has 0 heterocycles. The molecule has 17 nitrogen and oxygen atoms in total. The third-order valence-corrected chi connectivity index (χ3v) is 9.76. The van der Waals surface area contributed by atoms with E-state index in [1.54, 1.807) is 53.9 Å². The quantitative estimate of drug-likeness (QED) is 0.0868. The highest BCUT2D eigenvalue weighted by molar-refractivity contribution is 6.25. The topological polar surface area (TPSA) is 250 Å². The summed E-state index contributed by atoms with van der Waals surface area (Å²) in [6, 6.07) is 0.311. The Morgan fingerprint density at radius 3 is 2.21 bits per heavy atom.